The van der Waals surface area contributed by atoms with E-state index in [9.17, 15) is 19.8 Å². The SMILES string of the molecule is CCC(CO)(CO)NC(=O)[C@H]1CC(C)C[C@H]1C(=O)O. The number of carboxylic acids is 1. The summed E-state index contributed by atoms with van der Waals surface area (Å²) in [6, 6.07) is 0. The summed E-state index contributed by atoms with van der Waals surface area (Å²) < 4.78 is 0. The first-order valence-corrected chi connectivity index (χ1v) is 6.65. The molecule has 0 heterocycles. The van der Waals surface area contributed by atoms with Crippen molar-refractivity contribution in [1.29, 1.82) is 0 Å². The molecule has 0 spiro atoms. The van der Waals surface area contributed by atoms with Crippen LogP contribution in [0.2, 0.25) is 0 Å². The highest BCUT2D eigenvalue weighted by Gasteiger charge is 2.43. The predicted molar refractivity (Wildman–Crippen MR) is 68.4 cm³/mol. The Kier molecular flexibility index (Phi) is 5.31. The van der Waals surface area contributed by atoms with Crippen molar-refractivity contribution in [3.8, 4) is 0 Å². The van der Waals surface area contributed by atoms with Gasteiger partial charge in [-0.15, -0.1) is 0 Å². The van der Waals surface area contributed by atoms with Gasteiger partial charge in [-0.25, -0.2) is 0 Å². The van der Waals surface area contributed by atoms with Crippen molar-refractivity contribution in [1.82, 2.24) is 5.32 Å². The van der Waals surface area contributed by atoms with Gasteiger partial charge in [0, 0.05) is 0 Å². The number of aliphatic hydroxyl groups excluding tert-OH is 2. The lowest BCUT2D eigenvalue weighted by molar-refractivity contribution is -0.146. The monoisotopic (exact) mass is 273 g/mol. The van der Waals surface area contributed by atoms with Crippen LogP contribution in [-0.2, 0) is 9.59 Å². The average molecular weight is 273 g/mol. The molecule has 4 N–H and O–H groups in total. The molecule has 1 unspecified atom stereocenters. The van der Waals surface area contributed by atoms with E-state index < -0.39 is 23.3 Å². The van der Waals surface area contributed by atoms with E-state index in [0.717, 1.165) is 0 Å². The summed E-state index contributed by atoms with van der Waals surface area (Å²) in [5.41, 5.74) is -1.06. The van der Waals surface area contributed by atoms with Gasteiger partial charge in [0.15, 0.2) is 0 Å². The highest BCUT2D eigenvalue weighted by Crippen LogP contribution is 2.36. The summed E-state index contributed by atoms with van der Waals surface area (Å²) in [5, 5.41) is 30.4. The van der Waals surface area contributed by atoms with Gasteiger partial charge < -0.3 is 20.6 Å². The molecule has 110 valence electrons. The molecule has 6 nitrogen and oxygen atoms in total. The molecule has 6 heteroatoms. The second-order valence-electron chi connectivity index (χ2n) is 5.57. The van der Waals surface area contributed by atoms with E-state index in [1.165, 1.54) is 0 Å². The third-order valence-corrected chi connectivity index (χ3v) is 4.12. The van der Waals surface area contributed by atoms with Gasteiger partial charge in [0.1, 0.15) is 0 Å². The van der Waals surface area contributed by atoms with Crippen molar-refractivity contribution in [3.05, 3.63) is 0 Å². The predicted octanol–water partition coefficient (Wildman–Crippen LogP) is -0.0171. The maximum absolute atomic E-state index is 12.2. The molecule has 0 aromatic carbocycles. The quantitative estimate of drug-likeness (QED) is 0.544. The fraction of sp³-hybridized carbons (Fsp3) is 0.846. The van der Waals surface area contributed by atoms with Crippen molar-refractivity contribution in [2.24, 2.45) is 17.8 Å². The summed E-state index contributed by atoms with van der Waals surface area (Å²) in [5.74, 6) is -2.42. The van der Waals surface area contributed by atoms with Crippen LogP contribution in [0.1, 0.15) is 33.1 Å². The Hall–Kier alpha value is -1.14. The third-order valence-electron chi connectivity index (χ3n) is 4.12. The molecule has 0 aromatic rings. The number of aliphatic hydroxyl groups is 2. The van der Waals surface area contributed by atoms with E-state index in [4.69, 9.17) is 5.11 Å². The van der Waals surface area contributed by atoms with Crippen molar-refractivity contribution >= 4 is 11.9 Å². The lowest BCUT2D eigenvalue weighted by atomic mass is 9.92. The summed E-state index contributed by atoms with van der Waals surface area (Å²) in [6.45, 7) is 2.94. The number of carboxylic acid groups (broad SMARTS) is 1. The molecule has 19 heavy (non-hydrogen) atoms. The first-order chi connectivity index (χ1) is 8.89. The van der Waals surface area contributed by atoms with Gasteiger partial charge in [-0.3, -0.25) is 9.59 Å². The molecule has 1 amide bonds. The summed E-state index contributed by atoms with van der Waals surface area (Å²) in [6.07, 6.45) is 1.40. The van der Waals surface area contributed by atoms with Crippen LogP contribution in [-0.4, -0.2) is 45.9 Å². The van der Waals surface area contributed by atoms with E-state index in [1.54, 1.807) is 6.92 Å². The molecule has 1 aliphatic rings. The Morgan fingerprint density at radius 1 is 1.21 bits per heavy atom. The van der Waals surface area contributed by atoms with Gasteiger partial charge in [-0.2, -0.15) is 0 Å². The van der Waals surface area contributed by atoms with Crippen LogP contribution in [0.15, 0.2) is 0 Å². The minimum Gasteiger partial charge on any atom is -0.481 e. The van der Waals surface area contributed by atoms with Crippen LogP contribution in [0.4, 0.5) is 0 Å². The number of aliphatic carboxylic acids is 1. The lowest BCUT2D eigenvalue weighted by Crippen LogP contribution is -2.55. The van der Waals surface area contributed by atoms with Crippen LogP contribution >= 0.6 is 0 Å². The molecule has 1 rings (SSSR count). The zero-order valence-corrected chi connectivity index (χ0v) is 11.4. The topological polar surface area (TPSA) is 107 Å². The molecule has 1 fully saturated rings. The number of hydrogen-bond donors (Lipinski definition) is 4. The summed E-state index contributed by atoms with van der Waals surface area (Å²) >= 11 is 0. The van der Waals surface area contributed by atoms with Gasteiger partial charge >= 0.3 is 5.97 Å². The minimum absolute atomic E-state index is 0.191. The Balaban J connectivity index is 2.79. The molecule has 0 bridgehead atoms. The van der Waals surface area contributed by atoms with Gasteiger partial charge in [-0.05, 0) is 25.2 Å². The first-order valence-electron chi connectivity index (χ1n) is 6.65. The molecule has 0 saturated heterocycles. The molecule has 0 aromatic heterocycles. The molecular formula is C13H23NO5. The first kappa shape index (κ1) is 15.9. The third kappa shape index (κ3) is 3.45. The number of carbonyl (C=O) groups excluding carboxylic acids is 1. The summed E-state index contributed by atoms with van der Waals surface area (Å²) in [7, 11) is 0. The maximum atomic E-state index is 12.2. The standard InChI is InChI=1S/C13H23NO5/c1-3-13(6-15,7-16)14-11(17)9-4-8(2)5-10(9)12(18)19/h8-10,15-16H,3-7H2,1-2H3,(H,14,17)(H,18,19)/t8?,9-,10+/m0/s1. The van der Waals surface area contributed by atoms with Gasteiger partial charge in [-0.1, -0.05) is 13.8 Å². The van der Waals surface area contributed by atoms with Crippen molar-refractivity contribution in [2.45, 2.75) is 38.6 Å². The van der Waals surface area contributed by atoms with Crippen LogP contribution < -0.4 is 5.32 Å². The molecule has 0 aliphatic heterocycles. The smallest absolute Gasteiger partial charge is 0.307 e. The van der Waals surface area contributed by atoms with E-state index in [1.807, 2.05) is 6.92 Å². The second kappa shape index (κ2) is 6.34. The highest BCUT2D eigenvalue weighted by atomic mass is 16.4. The van der Waals surface area contributed by atoms with E-state index in [0.29, 0.717) is 19.3 Å². The number of rotatable bonds is 6. The van der Waals surface area contributed by atoms with Crippen molar-refractivity contribution in [3.63, 3.8) is 0 Å². The number of nitrogens with one attached hydrogen (secondary N) is 1. The lowest BCUT2D eigenvalue weighted by Gasteiger charge is -2.31. The molecular weight excluding hydrogens is 250 g/mol. The van der Waals surface area contributed by atoms with E-state index >= 15 is 0 Å². The van der Waals surface area contributed by atoms with Crippen molar-refractivity contribution < 1.29 is 24.9 Å². The van der Waals surface area contributed by atoms with E-state index in [2.05, 4.69) is 5.32 Å². The largest absolute Gasteiger partial charge is 0.481 e. The maximum Gasteiger partial charge on any atom is 0.307 e. The van der Waals surface area contributed by atoms with Gasteiger partial charge in [0.05, 0.1) is 30.6 Å². The Morgan fingerprint density at radius 3 is 2.16 bits per heavy atom. The normalized spacial score (nSPS) is 27.3. The number of amides is 1. The van der Waals surface area contributed by atoms with Crippen LogP contribution in [0.5, 0.6) is 0 Å². The number of carbonyl (C=O) groups is 2. The minimum atomic E-state index is -1.06. The average Bonchev–Trinajstić information content (AvgIpc) is 2.78. The second-order valence-corrected chi connectivity index (χ2v) is 5.57. The summed E-state index contributed by atoms with van der Waals surface area (Å²) in [4.78, 5) is 23.4. The molecule has 0 radical (unpaired) electrons. The fourth-order valence-corrected chi connectivity index (χ4v) is 2.65. The zero-order valence-electron chi connectivity index (χ0n) is 11.4. The van der Waals surface area contributed by atoms with Gasteiger partial charge in [0.2, 0.25) is 5.91 Å². The Labute approximate surface area is 112 Å². The Bertz CT molecular complexity index is 332. The number of hydrogen-bond acceptors (Lipinski definition) is 4. The van der Waals surface area contributed by atoms with Crippen LogP contribution in [0.25, 0.3) is 0 Å². The van der Waals surface area contributed by atoms with Gasteiger partial charge in [0.25, 0.3) is 0 Å². The zero-order chi connectivity index (χ0) is 14.6. The van der Waals surface area contributed by atoms with E-state index in [-0.39, 0.29) is 25.0 Å². The molecule has 3 atom stereocenters. The highest BCUT2D eigenvalue weighted by molar-refractivity contribution is 5.85. The molecule has 1 aliphatic carbocycles. The van der Waals surface area contributed by atoms with Crippen molar-refractivity contribution in [2.75, 3.05) is 13.2 Å². The Morgan fingerprint density at radius 2 is 1.74 bits per heavy atom. The van der Waals surface area contributed by atoms with Crippen LogP contribution in [0, 0.1) is 17.8 Å². The molecule has 1 saturated carbocycles. The van der Waals surface area contributed by atoms with Crippen LogP contribution in [0.3, 0.4) is 0 Å². The fourth-order valence-electron chi connectivity index (χ4n) is 2.65.